The Morgan fingerprint density at radius 2 is 2.00 bits per heavy atom. The van der Waals surface area contributed by atoms with Crippen molar-refractivity contribution >= 4 is 0 Å². The van der Waals surface area contributed by atoms with E-state index in [2.05, 4.69) is 43.0 Å². The molecule has 2 rings (SSSR count). The molecule has 1 aliphatic heterocycles. The summed E-state index contributed by atoms with van der Waals surface area (Å²) in [6.45, 7) is 8.33. The van der Waals surface area contributed by atoms with Crippen molar-refractivity contribution in [2.24, 2.45) is 0 Å². The number of hydrogen-bond acceptors (Lipinski definition) is 2. The molecule has 0 saturated carbocycles. The maximum absolute atomic E-state index is 5.44. The third-order valence-corrected chi connectivity index (χ3v) is 3.09. The molecule has 0 amide bonds. The first-order valence-electron chi connectivity index (χ1n) is 6.14. The molecule has 1 aromatic rings. The van der Waals surface area contributed by atoms with Gasteiger partial charge >= 0.3 is 0 Å². The van der Waals surface area contributed by atoms with Gasteiger partial charge in [-0.05, 0) is 23.5 Å². The molecular formula is C14H21NO. The highest BCUT2D eigenvalue weighted by molar-refractivity contribution is 5.24. The van der Waals surface area contributed by atoms with Crippen LogP contribution in [0.25, 0.3) is 0 Å². The molecule has 1 heterocycles. The van der Waals surface area contributed by atoms with Crippen molar-refractivity contribution in [1.82, 2.24) is 4.90 Å². The van der Waals surface area contributed by atoms with Crippen LogP contribution in [0.4, 0.5) is 0 Å². The fraction of sp³-hybridized carbons (Fsp3) is 0.571. The van der Waals surface area contributed by atoms with Crippen LogP contribution in [0.2, 0.25) is 0 Å². The number of ether oxygens (including phenoxy) is 1. The highest BCUT2D eigenvalue weighted by Gasteiger charge is 2.10. The standard InChI is InChI=1S/C14H21NO/c1-12(2)14-6-4-13(5-7-14)10-15-8-3-9-16-11-15/h4-7,12H,3,8-11H2,1-2H3. The van der Waals surface area contributed by atoms with Gasteiger partial charge in [0.05, 0.1) is 6.73 Å². The quantitative estimate of drug-likeness (QED) is 0.775. The molecule has 2 nitrogen and oxygen atoms in total. The molecule has 0 aromatic heterocycles. The van der Waals surface area contributed by atoms with Crippen LogP contribution >= 0.6 is 0 Å². The van der Waals surface area contributed by atoms with E-state index < -0.39 is 0 Å². The molecule has 1 aromatic carbocycles. The second-order valence-corrected chi connectivity index (χ2v) is 4.84. The molecule has 1 saturated heterocycles. The summed E-state index contributed by atoms with van der Waals surface area (Å²) in [5, 5.41) is 0. The molecule has 88 valence electrons. The third-order valence-electron chi connectivity index (χ3n) is 3.09. The van der Waals surface area contributed by atoms with Gasteiger partial charge in [0.1, 0.15) is 0 Å². The number of nitrogens with zero attached hydrogens (tertiary/aromatic N) is 1. The van der Waals surface area contributed by atoms with Crippen LogP contribution in [0.15, 0.2) is 24.3 Å². The highest BCUT2D eigenvalue weighted by Crippen LogP contribution is 2.16. The van der Waals surface area contributed by atoms with E-state index in [-0.39, 0.29) is 0 Å². The molecule has 1 aliphatic rings. The van der Waals surface area contributed by atoms with E-state index >= 15 is 0 Å². The number of hydrogen-bond donors (Lipinski definition) is 0. The summed E-state index contributed by atoms with van der Waals surface area (Å²) in [6.07, 6.45) is 1.16. The Morgan fingerprint density at radius 1 is 1.25 bits per heavy atom. The van der Waals surface area contributed by atoms with E-state index in [1.807, 2.05) is 0 Å². The van der Waals surface area contributed by atoms with Gasteiger partial charge in [-0.2, -0.15) is 0 Å². The van der Waals surface area contributed by atoms with Gasteiger partial charge in [0, 0.05) is 19.7 Å². The maximum atomic E-state index is 5.44. The van der Waals surface area contributed by atoms with Crippen molar-refractivity contribution < 1.29 is 4.74 Å². The molecular weight excluding hydrogens is 198 g/mol. The van der Waals surface area contributed by atoms with Gasteiger partial charge in [0.25, 0.3) is 0 Å². The molecule has 0 unspecified atom stereocenters. The Labute approximate surface area is 98.2 Å². The maximum Gasteiger partial charge on any atom is 0.0993 e. The van der Waals surface area contributed by atoms with Crippen LogP contribution < -0.4 is 0 Å². The predicted molar refractivity (Wildman–Crippen MR) is 66.4 cm³/mol. The van der Waals surface area contributed by atoms with Gasteiger partial charge in [-0.3, -0.25) is 4.90 Å². The van der Waals surface area contributed by atoms with Crippen LogP contribution in [-0.2, 0) is 11.3 Å². The van der Waals surface area contributed by atoms with Crippen molar-refractivity contribution in [3.8, 4) is 0 Å². The summed E-state index contributed by atoms with van der Waals surface area (Å²) in [5.41, 5.74) is 2.80. The minimum absolute atomic E-state index is 0.618. The smallest absolute Gasteiger partial charge is 0.0993 e. The minimum Gasteiger partial charge on any atom is -0.366 e. The van der Waals surface area contributed by atoms with E-state index in [1.165, 1.54) is 11.1 Å². The second-order valence-electron chi connectivity index (χ2n) is 4.84. The summed E-state index contributed by atoms with van der Waals surface area (Å²) in [4.78, 5) is 2.36. The van der Waals surface area contributed by atoms with Crippen molar-refractivity contribution in [2.75, 3.05) is 19.9 Å². The van der Waals surface area contributed by atoms with Crippen LogP contribution in [0.3, 0.4) is 0 Å². The third kappa shape index (κ3) is 3.06. The van der Waals surface area contributed by atoms with Crippen molar-refractivity contribution in [3.05, 3.63) is 35.4 Å². The topological polar surface area (TPSA) is 12.5 Å². The van der Waals surface area contributed by atoms with Crippen LogP contribution in [0.1, 0.15) is 37.3 Å². The highest BCUT2D eigenvalue weighted by atomic mass is 16.5. The van der Waals surface area contributed by atoms with Gasteiger partial charge in [0.15, 0.2) is 0 Å². The van der Waals surface area contributed by atoms with Crippen LogP contribution in [0, 0.1) is 0 Å². The van der Waals surface area contributed by atoms with Crippen molar-refractivity contribution in [3.63, 3.8) is 0 Å². The Kier molecular flexibility index (Phi) is 3.97. The summed E-state index contributed by atoms with van der Waals surface area (Å²) >= 11 is 0. The Hall–Kier alpha value is -0.860. The lowest BCUT2D eigenvalue weighted by atomic mass is 10.0. The molecule has 0 N–H and O–H groups in total. The van der Waals surface area contributed by atoms with Gasteiger partial charge in [-0.1, -0.05) is 38.1 Å². The zero-order valence-electron chi connectivity index (χ0n) is 10.3. The summed E-state index contributed by atoms with van der Waals surface area (Å²) in [5.74, 6) is 0.618. The molecule has 0 aliphatic carbocycles. The number of benzene rings is 1. The van der Waals surface area contributed by atoms with Gasteiger partial charge in [0.2, 0.25) is 0 Å². The van der Waals surface area contributed by atoms with E-state index in [0.717, 1.165) is 32.8 Å². The fourth-order valence-electron chi connectivity index (χ4n) is 2.04. The fourth-order valence-corrected chi connectivity index (χ4v) is 2.04. The molecule has 0 bridgehead atoms. The lowest BCUT2D eigenvalue weighted by molar-refractivity contribution is -0.0176. The molecule has 0 radical (unpaired) electrons. The summed E-state index contributed by atoms with van der Waals surface area (Å²) < 4.78 is 5.44. The second kappa shape index (κ2) is 5.46. The normalized spacial score (nSPS) is 17.9. The van der Waals surface area contributed by atoms with Crippen molar-refractivity contribution in [1.29, 1.82) is 0 Å². The van der Waals surface area contributed by atoms with Crippen LogP contribution in [0.5, 0.6) is 0 Å². The zero-order valence-corrected chi connectivity index (χ0v) is 10.3. The molecule has 16 heavy (non-hydrogen) atoms. The van der Waals surface area contributed by atoms with E-state index in [1.54, 1.807) is 0 Å². The Bertz CT molecular complexity index is 312. The average Bonchev–Trinajstić information content (AvgIpc) is 2.31. The monoisotopic (exact) mass is 219 g/mol. The minimum atomic E-state index is 0.618. The first kappa shape index (κ1) is 11.6. The Balaban J connectivity index is 1.93. The summed E-state index contributed by atoms with van der Waals surface area (Å²) in [7, 11) is 0. The largest absolute Gasteiger partial charge is 0.366 e. The lowest BCUT2D eigenvalue weighted by Crippen LogP contribution is -2.32. The van der Waals surface area contributed by atoms with Gasteiger partial charge in [-0.15, -0.1) is 0 Å². The zero-order chi connectivity index (χ0) is 11.4. The predicted octanol–water partition coefficient (Wildman–Crippen LogP) is 2.99. The number of rotatable bonds is 3. The van der Waals surface area contributed by atoms with Gasteiger partial charge < -0.3 is 4.74 Å². The van der Waals surface area contributed by atoms with E-state index in [4.69, 9.17) is 4.74 Å². The van der Waals surface area contributed by atoms with Gasteiger partial charge in [-0.25, -0.2) is 0 Å². The van der Waals surface area contributed by atoms with Crippen molar-refractivity contribution in [2.45, 2.75) is 32.7 Å². The van der Waals surface area contributed by atoms with Crippen LogP contribution in [-0.4, -0.2) is 24.8 Å². The Morgan fingerprint density at radius 3 is 2.56 bits per heavy atom. The average molecular weight is 219 g/mol. The lowest BCUT2D eigenvalue weighted by Gasteiger charge is -2.26. The SMILES string of the molecule is CC(C)c1ccc(CN2CCCOC2)cc1. The molecule has 0 spiro atoms. The molecule has 2 heteroatoms. The van der Waals surface area contributed by atoms with E-state index in [9.17, 15) is 0 Å². The summed E-state index contributed by atoms with van der Waals surface area (Å²) in [6, 6.07) is 8.96. The van der Waals surface area contributed by atoms with E-state index in [0.29, 0.717) is 5.92 Å². The first-order valence-corrected chi connectivity index (χ1v) is 6.14. The molecule has 1 fully saturated rings. The molecule has 0 atom stereocenters. The first-order chi connectivity index (χ1) is 7.75.